The summed E-state index contributed by atoms with van der Waals surface area (Å²) in [5, 5.41) is 10.2. The average Bonchev–Trinajstić information content (AvgIpc) is 3.33. The normalized spacial score (nSPS) is 24.0. The lowest BCUT2D eigenvalue weighted by atomic mass is 9.81. The molecule has 0 aromatic carbocycles. The number of nitrogens with zero attached hydrogens (tertiary/aromatic N) is 3. The Morgan fingerprint density at radius 1 is 1.08 bits per heavy atom. The van der Waals surface area contributed by atoms with Gasteiger partial charge in [0.1, 0.15) is 10.6 Å². The van der Waals surface area contributed by atoms with Crippen LogP contribution in [-0.4, -0.2) is 53.1 Å². The Hall–Kier alpha value is -2.45. The largest absolute Gasteiger partial charge is 0.488 e. The number of anilines is 1. The van der Waals surface area contributed by atoms with Crippen LogP contribution >= 0.6 is 11.3 Å². The molecule has 0 unspecified atom stereocenters. The molecule has 2 fully saturated rings. The zero-order valence-corrected chi connectivity index (χ0v) is 25.2. The number of hydrogen-bond donors (Lipinski definition) is 1. The number of pyridine rings is 1. The Labute approximate surface area is 237 Å². The van der Waals surface area contributed by atoms with Crippen molar-refractivity contribution in [2.75, 3.05) is 19.0 Å². The molecule has 0 spiro atoms. The maximum absolute atomic E-state index is 14.2. The predicted octanol–water partition coefficient (Wildman–Crippen LogP) is 6.75. The van der Waals surface area contributed by atoms with Crippen LogP contribution in [0.25, 0.3) is 0 Å². The molecule has 4 rings (SSSR count). The maximum Gasteiger partial charge on any atom is 0.348 e. The van der Waals surface area contributed by atoms with Crippen LogP contribution in [0, 0.1) is 11.8 Å². The van der Waals surface area contributed by atoms with Crippen molar-refractivity contribution in [3.05, 3.63) is 39.8 Å². The van der Waals surface area contributed by atoms with Crippen LogP contribution in [0.5, 0.6) is 5.75 Å². The van der Waals surface area contributed by atoms with Crippen LogP contribution < -0.4 is 9.64 Å². The van der Waals surface area contributed by atoms with Crippen LogP contribution in [0.2, 0.25) is 0 Å². The van der Waals surface area contributed by atoms with E-state index in [-0.39, 0.29) is 34.3 Å². The highest BCUT2D eigenvalue weighted by molar-refractivity contribution is 7.14. The molecule has 1 amide bonds. The molecule has 0 atom stereocenters. The number of carbonyl (C=O) groups excluding carboxylic acids is 1. The maximum atomic E-state index is 14.2. The van der Waals surface area contributed by atoms with Crippen molar-refractivity contribution in [3.63, 3.8) is 0 Å². The Balaban J connectivity index is 1.57. The first-order chi connectivity index (χ1) is 18.4. The van der Waals surface area contributed by atoms with E-state index in [1.54, 1.807) is 12.4 Å². The highest BCUT2D eigenvalue weighted by atomic mass is 32.1. The van der Waals surface area contributed by atoms with Crippen molar-refractivity contribution in [2.45, 2.75) is 103 Å². The van der Waals surface area contributed by atoms with Gasteiger partial charge in [-0.15, -0.1) is 11.3 Å². The number of aromatic nitrogens is 1. The van der Waals surface area contributed by atoms with Gasteiger partial charge in [-0.25, -0.2) is 4.79 Å². The molecule has 2 aromatic heterocycles. The first-order valence-electron chi connectivity index (χ1n) is 14.4. The van der Waals surface area contributed by atoms with Gasteiger partial charge in [-0.05, 0) is 88.9 Å². The second-order valence-corrected chi connectivity index (χ2v) is 13.9. The van der Waals surface area contributed by atoms with E-state index in [1.807, 2.05) is 31.1 Å². The minimum Gasteiger partial charge on any atom is -0.488 e. The summed E-state index contributed by atoms with van der Waals surface area (Å²) in [6.07, 6.45) is 10.7. The molecule has 39 heavy (non-hydrogen) atoms. The summed E-state index contributed by atoms with van der Waals surface area (Å²) < 4.78 is 6.44. The molecule has 2 aromatic rings. The minimum atomic E-state index is -0.956. The first kappa shape index (κ1) is 29.5. The van der Waals surface area contributed by atoms with Crippen molar-refractivity contribution < 1.29 is 19.4 Å². The number of carboxylic acid groups (broad SMARTS) is 1. The lowest BCUT2D eigenvalue weighted by Crippen LogP contribution is -2.47. The summed E-state index contributed by atoms with van der Waals surface area (Å²) in [7, 11) is 4.07. The summed E-state index contributed by atoms with van der Waals surface area (Å²) in [6.45, 7) is 9.31. The number of carboxylic acids is 1. The van der Waals surface area contributed by atoms with Gasteiger partial charge in [-0.1, -0.05) is 27.7 Å². The number of thiophene rings is 1. The molecule has 8 heteroatoms. The average molecular weight is 556 g/mol. The van der Waals surface area contributed by atoms with Gasteiger partial charge in [0.05, 0.1) is 18.0 Å². The van der Waals surface area contributed by atoms with E-state index in [4.69, 9.17) is 4.74 Å². The predicted molar refractivity (Wildman–Crippen MR) is 157 cm³/mol. The minimum absolute atomic E-state index is 0.0348. The van der Waals surface area contributed by atoms with Crippen LogP contribution in [0.4, 0.5) is 5.69 Å². The number of hydrogen-bond acceptors (Lipinski definition) is 6. The fourth-order valence-corrected chi connectivity index (χ4v) is 6.92. The number of amides is 1. The van der Waals surface area contributed by atoms with Crippen molar-refractivity contribution in [1.82, 2.24) is 9.88 Å². The van der Waals surface area contributed by atoms with E-state index < -0.39 is 5.97 Å². The molecule has 2 aliphatic carbocycles. The lowest BCUT2D eigenvalue weighted by Gasteiger charge is -2.39. The van der Waals surface area contributed by atoms with Crippen LogP contribution in [-0.2, 0) is 16.8 Å². The van der Waals surface area contributed by atoms with Gasteiger partial charge in [0.2, 0.25) is 5.91 Å². The SMILES string of the molecule is CC1CCC(C(=O)N(c2cc(C(C)(C)C)sc2C(=O)O)C2CCC(Oc3cnccc3CN(C)C)CC2)CC1. The van der Waals surface area contributed by atoms with E-state index in [2.05, 4.69) is 37.6 Å². The van der Waals surface area contributed by atoms with Crippen molar-refractivity contribution >= 4 is 28.9 Å². The fraction of sp³-hybridized carbons (Fsp3) is 0.645. The molecule has 0 radical (unpaired) electrons. The van der Waals surface area contributed by atoms with Gasteiger partial charge in [0.15, 0.2) is 0 Å². The molecular weight excluding hydrogens is 510 g/mol. The number of carbonyl (C=O) groups is 2. The van der Waals surface area contributed by atoms with E-state index >= 15 is 0 Å². The monoisotopic (exact) mass is 555 g/mol. The zero-order valence-electron chi connectivity index (χ0n) is 24.4. The van der Waals surface area contributed by atoms with Crippen LogP contribution in [0.1, 0.15) is 99.2 Å². The lowest BCUT2D eigenvalue weighted by molar-refractivity contribution is -0.124. The van der Waals surface area contributed by atoms with Crippen LogP contribution in [0.3, 0.4) is 0 Å². The highest BCUT2D eigenvalue weighted by Gasteiger charge is 2.38. The Morgan fingerprint density at radius 2 is 1.74 bits per heavy atom. The van der Waals surface area contributed by atoms with Gasteiger partial charge >= 0.3 is 5.97 Å². The van der Waals surface area contributed by atoms with Gasteiger partial charge in [0.25, 0.3) is 0 Å². The van der Waals surface area contributed by atoms with Gasteiger partial charge in [-0.3, -0.25) is 9.78 Å². The smallest absolute Gasteiger partial charge is 0.348 e. The van der Waals surface area contributed by atoms with Gasteiger partial charge < -0.3 is 19.6 Å². The molecule has 0 saturated heterocycles. The van der Waals surface area contributed by atoms with E-state index in [0.29, 0.717) is 11.6 Å². The summed E-state index contributed by atoms with van der Waals surface area (Å²) in [5.74, 6) is 0.567. The van der Waals surface area contributed by atoms with Crippen molar-refractivity contribution in [1.29, 1.82) is 0 Å². The quantitative estimate of drug-likeness (QED) is 0.388. The molecule has 2 saturated carbocycles. The van der Waals surface area contributed by atoms with Crippen molar-refractivity contribution in [2.24, 2.45) is 11.8 Å². The van der Waals surface area contributed by atoms with E-state index in [9.17, 15) is 14.7 Å². The number of aromatic carboxylic acids is 1. The Bertz CT molecular complexity index is 1140. The van der Waals surface area contributed by atoms with Gasteiger partial charge in [0, 0.05) is 35.1 Å². The fourth-order valence-electron chi connectivity index (χ4n) is 5.87. The molecule has 1 N–H and O–H groups in total. The number of ether oxygens (including phenoxy) is 1. The molecule has 214 valence electrons. The standard InChI is InChI=1S/C31H45N3O4S/c1-20-7-9-21(10-8-20)29(35)34(25-17-27(31(2,3)4)39-28(25)30(36)37)23-11-13-24(14-12-23)38-26-18-32-16-15-22(26)19-33(5)6/h15-18,20-21,23-24H,7-14,19H2,1-6H3,(H,36,37). The molecule has 7 nitrogen and oxygen atoms in total. The third kappa shape index (κ3) is 7.20. The second kappa shape index (κ2) is 12.4. The van der Waals surface area contributed by atoms with Crippen LogP contribution in [0.15, 0.2) is 24.5 Å². The highest BCUT2D eigenvalue weighted by Crippen LogP contribution is 2.42. The summed E-state index contributed by atoms with van der Waals surface area (Å²) in [6, 6.07) is 3.94. The molecular formula is C31H45N3O4S. The van der Waals surface area contributed by atoms with Gasteiger partial charge in [-0.2, -0.15) is 0 Å². The molecule has 2 aliphatic rings. The number of rotatable bonds is 8. The first-order valence-corrected chi connectivity index (χ1v) is 15.2. The summed E-state index contributed by atoms with van der Waals surface area (Å²) in [5.41, 5.74) is 1.51. The van der Waals surface area contributed by atoms with Crippen molar-refractivity contribution in [3.8, 4) is 5.75 Å². The topological polar surface area (TPSA) is 83.0 Å². The Kier molecular flexibility index (Phi) is 9.37. The van der Waals surface area contributed by atoms with E-state index in [1.165, 1.54) is 11.3 Å². The third-order valence-corrected chi connectivity index (χ3v) is 9.71. The summed E-state index contributed by atoms with van der Waals surface area (Å²) >= 11 is 1.31. The Morgan fingerprint density at radius 3 is 2.33 bits per heavy atom. The molecule has 2 heterocycles. The molecule has 0 aliphatic heterocycles. The zero-order chi connectivity index (χ0) is 28.3. The summed E-state index contributed by atoms with van der Waals surface area (Å²) in [4.78, 5) is 36.1. The van der Waals surface area contributed by atoms with E-state index in [0.717, 1.165) is 74.1 Å². The second-order valence-electron chi connectivity index (χ2n) is 12.8. The molecule has 0 bridgehead atoms. The third-order valence-electron chi connectivity index (χ3n) is 8.17.